The summed E-state index contributed by atoms with van der Waals surface area (Å²) in [5.41, 5.74) is 5.09. The number of halogens is 3. The van der Waals surface area contributed by atoms with Gasteiger partial charge in [0.2, 0.25) is 5.82 Å². The Morgan fingerprint density at radius 1 is 1.13 bits per heavy atom. The van der Waals surface area contributed by atoms with Gasteiger partial charge >= 0.3 is 6.18 Å². The number of alkyl halides is 3. The molecular weight excluding hydrogens is 207 g/mol. The van der Waals surface area contributed by atoms with Crippen LogP contribution in [0.5, 0.6) is 0 Å². The van der Waals surface area contributed by atoms with Crippen molar-refractivity contribution >= 4 is 5.82 Å². The largest absolute Gasteiger partial charge is 0.451 e. The molecule has 84 valence electrons. The number of aromatic nitrogens is 2. The Bertz CT molecular complexity index is 334. The fourth-order valence-corrected chi connectivity index (χ4v) is 0.977. The molecule has 15 heavy (non-hydrogen) atoms. The van der Waals surface area contributed by atoms with Crippen LogP contribution in [0.4, 0.5) is 19.0 Å². The monoisotopic (exact) mass is 219 g/mol. The Kier molecular flexibility index (Phi) is 2.63. The summed E-state index contributed by atoms with van der Waals surface area (Å²) >= 11 is 0. The lowest BCUT2D eigenvalue weighted by atomic mass is 9.92. The molecule has 1 rings (SSSR count). The average Bonchev–Trinajstić information content (AvgIpc) is 1.99. The molecule has 0 aliphatic heterocycles. The van der Waals surface area contributed by atoms with Crippen LogP contribution in [-0.4, -0.2) is 9.97 Å². The van der Waals surface area contributed by atoms with Gasteiger partial charge in [-0.25, -0.2) is 9.97 Å². The van der Waals surface area contributed by atoms with Gasteiger partial charge in [0, 0.05) is 11.5 Å². The molecule has 0 aliphatic rings. The van der Waals surface area contributed by atoms with Crippen molar-refractivity contribution in [1.29, 1.82) is 0 Å². The summed E-state index contributed by atoms with van der Waals surface area (Å²) in [7, 11) is 0. The normalized spacial score (nSPS) is 12.9. The quantitative estimate of drug-likeness (QED) is 0.728. The van der Waals surface area contributed by atoms with Crippen molar-refractivity contribution in [2.75, 3.05) is 5.73 Å². The van der Waals surface area contributed by atoms with Crippen molar-refractivity contribution < 1.29 is 13.2 Å². The van der Waals surface area contributed by atoms with Crippen molar-refractivity contribution in [2.45, 2.75) is 32.4 Å². The van der Waals surface area contributed by atoms with E-state index in [1.54, 1.807) is 20.8 Å². The molecule has 0 atom stereocenters. The molecule has 1 aromatic rings. The summed E-state index contributed by atoms with van der Waals surface area (Å²) in [6, 6.07) is 1.36. The molecule has 1 heterocycles. The third-order valence-corrected chi connectivity index (χ3v) is 1.77. The Hall–Kier alpha value is -1.33. The number of nitrogens with zero attached hydrogens (tertiary/aromatic N) is 2. The summed E-state index contributed by atoms with van der Waals surface area (Å²) in [5.74, 6) is -1.35. The van der Waals surface area contributed by atoms with Crippen LogP contribution < -0.4 is 5.73 Å². The van der Waals surface area contributed by atoms with Gasteiger partial charge < -0.3 is 5.73 Å². The maximum Gasteiger partial charge on any atom is 0.451 e. The first-order valence-corrected chi connectivity index (χ1v) is 4.33. The van der Waals surface area contributed by atoms with Crippen molar-refractivity contribution in [2.24, 2.45) is 0 Å². The second-order valence-electron chi connectivity index (χ2n) is 4.25. The van der Waals surface area contributed by atoms with Gasteiger partial charge in [-0.05, 0) is 0 Å². The molecular formula is C9H12F3N3. The van der Waals surface area contributed by atoms with E-state index in [0.29, 0.717) is 0 Å². The molecule has 0 amide bonds. The molecule has 0 fully saturated rings. The van der Waals surface area contributed by atoms with E-state index in [-0.39, 0.29) is 11.5 Å². The zero-order chi connectivity index (χ0) is 11.9. The number of nitrogens with two attached hydrogens (primary N) is 1. The van der Waals surface area contributed by atoms with Crippen LogP contribution in [0.15, 0.2) is 6.07 Å². The molecule has 6 heteroatoms. The van der Waals surface area contributed by atoms with Crippen molar-refractivity contribution in [3.8, 4) is 0 Å². The summed E-state index contributed by atoms with van der Waals surface area (Å²) in [6.45, 7) is 5.28. The van der Waals surface area contributed by atoms with E-state index in [1.165, 1.54) is 6.07 Å². The lowest BCUT2D eigenvalue weighted by molar-refractivity contribution is -0.145. The van der Waals surface area contributed by atoms with E-state index in [9.17, 15) is 13.2 Å². The van der Waals surface area contributed by atoms with E-state index in [2.05, 4.69) is 9.97 Å². The molecule has 0 radical (unpaired) electrons. The molecule has 2 N–H and O–H groups in total. The molecule has 0 aliphatic carbocycles. The Labute approximate surface area is 85.5 Å². The van der Waals surface area contributed by atoms with Crippen LogP contribution in [0.25, 0.3) is 0 Å². The van der Waals surface area contributed by atoms with Gasteiger partial charge in [-0.15, -0.1) is 0 Å². The Balaban J connectivity index is 3.30. The molecule has 0 unspecified atom stereocenters. The van der Waals surface area contributed by atoms with E-state index in [0.717, 1.165) is 0 Å². The number of hydrogen-bond donors (Lipinski definition) is 1. The minimum absolute atomic E-state index is 0.165. The number of anilines is 1. The molecule has 3 nitrogen and oxygen atoms in total. The number of rotatable bonds is 0. The maximum atomic E-state index is 12.4. The van der Waals surface area contributed by atoms with Crippen LogP contribution in [0, 0.1) is 0 Å². The fourth-order valence-electron chi connectivity index (χ4n) is 0.977. The highest BCUT2D eigenvalue weighted by Crippen LogP contribution is 2.29. The standard InChI is InChI=1S/C9H12F3N3/c1-8(2,3)5-4-6(13)15-7(14-5)9(10,11)12/h4H,1-3H3,(H2,13,14,15). The third-order valence-electron chi connectivity index (χ3n) is 1.77. The highest BCUT2D eigenvalue weighted by Gasteiger charge is 2.36. The van der Waals surface area contributed by atoms with Crippen molar-refractivity contribution in [3.63, 3.8) is 0 Å². The number of hydrogen-bond acceptors (Lipinski definition) is 3. The molecule has 0 bridgehead atoms. The molecule has 0 aromatic carbocycles. The van der Waals surface area contributed by atoms with Gasteiger partial charge in [-0.2, -0.15) is 13.2 Å². The SMILES string of the molecule is CC(C)(C)c1cc(N)nc(C(F)(F)F)n1. The third kappa shape index (κ3) is 2.81. The average molecular weight is 219 g/mol. The first-order valence-electron chi connectivity index (χ1n) is 4.33. The van der Waals surface area contributed by atoms with E-state index in [1.807, 2.05) is 0 Å². The first-order chi connectivity index (χ1) is 6.60. The van der Waals surface area contributed by atoms with Gasteiger partial charge in [0.05, 0.1) is 5.69 Å². The maximum absolute atomic E-state index is 12.4. The Morgan fingerprint density at radius 3 is 2.07 bits per heavy atom. The second kappa shape index (κ2) is 3.36. The summed E-state index contributed by atoms with van der Waals surface area (Å²) in [6.07, 6.45) is -4.56. The van der Waals surface area contributed by atoms with Crippen LogP contribution in [0.1, 0.15) is 32.3 Å². The van der Waals surface area contributed by atoms with Gasteiger partial charge in [0.25, 0.3) is 0 Å². The molecule has 0 spiro atoms. The summed E-state index contributed by atoms with van der Waals surface area (Å²) in [5, 5.41) is 0. The highest BCUT2D eigenvalue weighted by molar-refractivity contribution is 5.33. The van der Waals surface area contributed by atoms with E-state index >= 15 is 0 Å². The van der Waals surface area contributed by atoms with Gasteiger partial charge in [-0.1, -0.05) is 20.8 Å². The lowest BCUT2D eigenvalue weighted by Gasteiger charge is -2.19. The Morgan fingerprint density at radius 2 is 1.67 bits per heavy atom. The van der Waals surface area contributed by atoms with Crippen LogP contribution in [0.3, 0.4) is 0 Å². The molecule has 0 saturated carbocycles. The summed E-state index contributed by atoms with van der Waals surface area (Å²) < 4.78 is 37.1. The van der Waals surface area contributed by atoms with Crippen LogP contribution in [0.2, 0.25) is 0 Å². The predicted octanol–water partition coefficient (Wildman–Crippen LogP) is 2.38. The van der Waals surface area contributed by atoms with E-state index < -0.39 is 17.4 Å². The topological polar surface area (TPSA) is 51.8 Å². The van der Waals surface area contributed by atoms with Crippen LogP contribution in [-0.2, 0) is 11.6 Å². The van der Waals surface area contributed by atoms with Gasteiger partial charge in [-0.3, -0.25) is 0 Å². The van der Waals surface area contributed by atoms with Gasteiger partial charge in [0.15, 0.2) is 0 Å². The predicted molar refractivity (Wildman–Crippen MR) is 50.1 cm³/mol. The lowest BCUT2D eigenvalue weighted by Crippen LogP contribution is -2.20. The number of nitrogen functional groups attached to an aromatic ring is 1. The minimum atomic E-state index is -4.56. The zero-order valence-corrected chi connectivity index (χ0v) is 8.68. The smallest absolute Gasteiger partial charge is 0.384 e. The minimum Gasteiger partial charge on any atom is -0.384 e. The first kappa shape index (κ1) is 11.7. The highest BCUT2D eigenvalue weighted by atomic mass is 19.4. The van der Waals surface area contributed by atoms with Crippen molar-refractivity contribution in [1.82, 2.24) is 9.97 Å². The van der Waals surface area contributed by atoms with Gasteiger partial charge in [0.1, 0.15) is 5.82 Å². The fraction of sp³-hybridized carbons (Fsp3) is 0.556. The van der Waals surface area contributed by atoms with E-state index in [4.69, 9.17) is 5.73 Å². The van der Waals surface area contributed by atoms with Crippen molar-refractivity contribution in [3.05, 3.63) is 17.6 Å². The second-order valence-corrected chi connectivity index (χ2v) is 4.25. The molecule has 1 aromatic heterocycles. The zero-order valence-electron chi connectivity index (χ0n) is 8.68. The summed E-state index contributed by atoms with van der Waals surface area (Å²) in [4.78, 5) is 6.62. The molecule has 0 saturated heterocycles. The van der Waals surface area contributed by atoms with Crippen LogP contribution >= 0.6 is 0 Å².